The van der Waals surface area contributed by atoms with Crippen molar-refractivity contribution < 1.29 is 42.7 Å². The Morgan fingerprint density at radius 3 is 2.77 bits per heavy atom. The van der Waals surface area contributed by atoms with E-state index >= 15 is 0 Å². The quantitative estimate of drug-likeness (QED) is 0.355. The van der Waals surface area contributed by atoms with Crippen LogP contribution in [0.15, 0.2) is 12.7 Å². The van der Waals surface area contributed by atoms with Gasteiger partial charge in [-0.05, 0) is 4.31 Å². The lowest BCUT2D eigenvalue weighted by atomic mass is 10.1. The number of nitrogens with zero attached hydrogens (tertiary/aromatic N) is 4. The molecule has 1 saturated heterocycles. The van der Waals surface area contributed by atoms with Crippen molar-refractivity contribution in [1.29, 1.82) is 0 Å². The van der Waals surface area contributed by atoms with Crippen LogP contribution < -0.4 is 5.73 Å². The molecule has 2 aromatic heterocycles. The summed E-state index contributed by atoms with van der Waals surface area (Å²) in [5, 5.41) is 20.3. The number of ether oxygens (including phenoxy) is 1. The minimum absolute atomic E-state index is 0.109. The monoisotopic (exact) mass is 410 g/mol. The minimum atomic E-state index is -4.84. The Morgan fingerprint density at radius 2 is 2.08 bits per heavy atom. The molecule has 0 aromatic carbocycles. The molecule has 6 unspecified atom stereocenters. The molecule has 6 N–H and O–H groups in total. The van der Waals surface area contributed by atoms with Gasteiger partial charge in [-0.3, -0.25) is 14.0 Å². The van der Waals surface area contributed by atoms with Crippen molar-refractivity contribution in [3.8, 4) is 0 Å². The maximum absolute atomic E-state index is 11.4. The van der Waals surface area contributed by atoms with E-state index in [-0.39, 0.29) is 17.0 Å². The molecule has 0 bridgehead atoms. The molecule has 2 aromatic rings. The standard InChI is InChI=1S/C10H13N5O9P2/c11-8-5-9(13-2-12-8)15(3-14-5)10-7(17)6(16)4(23-10)1-22-26(20,21)24-25(18)19/h2-4,6-7,10,16-17H,1H2,(H3-,11,12,13,18,19,20,21)/p+1. The number of hydrogen-bond acceptors (Lipinski definition) is 11. The summed E-state index contributed by atoms with van der Waals surface area (Å²) in [4.78, 5) is 29.5. The zero-order chi connectivity index (χ0) is 19.1. The van der Waals surface area contributed by atoms with Gasteiger partial charge in [-0.2, -0.15) is 0 Å². The molecule has 1 fully saturated rings. The molecule has 6 atom stereocenters. The number of hydrogen-bond donors (Lipinski definition) is 5. The van der Waals surface area contributed by atoms with Crippen LogP contribution in [0.4, 0.5) is 5.82 Å². The number of fused-ring (bicyclic) bond motifs is 1. The molecular formula is C10H14N5O9P2+. The van der Waals surface area contributed by atoms with Crippen LogP contribution in [0.1, 0.15) is 6.23 Å². The predicted molar refractivity (Wildman–Crippen MR) is 82.3 cm³/mol. The van der Waals surface area contributed by atoms with Crippen LogP contribution in [0.5, 0.6) is 0 Å². The van der Waals surface area contributed by atoms with Crippen molar-refractivity contribution in [3.63, 3.8) is 0 Å². The van der Waals surface area contributed by atoms with E-state index in [1.165, 1.54) is 17.2 Å². The van der Waals surface area contributed by atoms with Crippen LogP contribution in [0, 0.1) is 0 Å². The molecule has 14 nitrogen and oxygen atoms in total. The number of aliphatic hydroxyl groups is 2. The summed E-state index contributed by atoms with van der Waals surface area (Å²) in [6.07, 6.45) is -2.89. The molecule has 0 spiro atoms. The van der Waals surface area contributed by atoms with E-state index in [0.717, 1.165) is 0 Å². The van der Waals surface area contributed by atoms with Crippen LogP contribution >= 0.6 is 16.1 Å². The third-order valence-corrected chi connectivity index (χ3v) is 5.43. The highest BCUT2D eigenvalue weighted by atomic mass is 31.2. The van der Waals surface area contributed by atoms with Gasteiger partial charge in [0, 0.05) is 4.57 Å². The molecule has 3 rings (SSSR count). The largest absolute Gasteiger partial charge is 0.705 e. The highest BCUT2D eigenvalue weighted by Gasteiger charge is 2.46. The maximum atomic E-state index is 11.4. The first-order valence-corrected chi connectivity index (χ1v) is 9.60. The second-order valence-corrected chi connectivity index (χ2v) is 7.54. The van der Waals surface area contributed by atoms with Gasteiger partial charge in [0.1, 0.15) is 30.2 Å². The van der Waals surface area contributed by atoms with Gasteiger partial charge in [0.25, 0.3) is 0 Å². The maximum Gasteiger partial charge on any atom is 0.705 e. The van der Waals surface area contributed by atoms with Gasteiger partial charge >= 0.3 is 16.1 Å². The molecule has 1 aliphatic heterocycles. The first kappa shape index (κ1) is 19.2. The van der Waals surface area contributed by atoms with Crippen LogP contribution in [0.25, 0.3) is 11.2 Å². The number of rotatable bonds is 6. The summed E-state index contributed by atoms with van der Waals surface area (Å²) in [6, 6.07) is 0. The third-order valence-electron chi connectivity index (χ3n) is 3.57. The second-order valence-electron chi connectivity index (χ2n) is 5.21. The number of anilines is 1. The molecule has 3 heterocycles. The normalized spacial score (nSPS) is 29.0. The van der Waals surface area contributed by atoms with Crippen molar-refractivity contribution in [2.75, 3.05) is 12.3 Å². The van der Waals surface area contributed by atoms with E-state index in [1.54, 1.807) is 0 Å². The van der Waals surface area contributed by atoms with Crippen LogP contribution in [-0.4, -0.2) is 64.4 Å². The van der Waals surface area contributed by atoms with Gasteiger partial charge in [0.15, 0.2) is 17.7 Å². The Morgan fingerprint density at radius 1 is 1.35 bits per heavy atom. The highest BCUT2D eigenvalue weighted by Crippen LogP contribution is 2.51. The van der Waals surface area contributed by atoms with Gasteiger partial charge in [-0.25, -0.2) is 19.5 Å². The van der Waals surface area contributed by atoms with Crippen LogP contribution in [-0.2, 0) is 22.7 Å². The van der Waals surface area contributed by atoms with Gasteiger partial charge in [-0.15, -0.1) is 4.89 Å². The first-order valence-electron chi connectivity index (χ1n) is 6.97. The lowest BCUT2D eigenvalue weighted by Crippen LogP contribution is -2.33. The van der Waals surface area contributed by atoms with Crippen molar-refractivity contribution >= 4 is 33.1 Å². The number of aliphatic hydroxyl groups excluding tert-OH is 2. The fourth-order valence-corrected chi connectivity index (χ4v) is 3.66. The topological polar surface area (TPSA) is 212 Å². The average molecular weight is 410 g/mol. The van der Waals surface area contributed by atoms with Gasteiger partial charge in [0.2, 0.25) is 0 Å². The Balaban J connectivity index is 1.76. The van der Waals surface area contributed by atoms with Crippen molar-refractivity contribution in [2.24, 2.45) is 0 Å². The lowest BCUT2D eigenvalue weighted by Gasteiger charge is -2.16. The first-order chi connectivity index (χ1) is 12.2. The third kappa shape index (κ3) is 3.74. The Labute approximate surface area is 145 Å². The summed E-state index contributed by atoms with van der Waals surface area (Å²) in [7, 11) is -8.21. The smallest absolute Gasteiger partial charge is 0.387 e. The van der Waals surface area contributed by atoms with Gasteiger partial charge < -0.3 is 20.7 Å². The fraction of sp³-hybridized carbons (Fsp3) is 0.500. The zero-order valence-corrected chi connectivity index (χ0v) is 14.6. The second kappa shape index (κ2) is 7.19. The predicted octanol–water partition coefficient (Wildman–Crippen LogP) is -1.19. The fourth-order valence-electron chi connectivity index (χ4n) is 2.43. The number of phosphoric ester groups is 1. The molecule has 0 aliphatic carbocycles. The lowest BCUT2D eigenvalue weighted by molar-refractivity contribution is -0.0501. The summed E-state index contributed by atoms with van der Waals surface area (Å²) in [5.74, 6) is 0.109. The number of nitrogen functional groups attached to an aromatic ring is 1. The van der Waals surface area contributed by atoms with Crippen LogP contribution in [0.3, 0.4) is 0 Å². The van der Waals surface area contributed by atoms with Crippen molar-refractivity contribution in [2.45, 2.75) is 24.5 Å². The zero-order valence-electron chi connectivity index (χ0n) is 12.8. The number of imidazole rings is 1. The van der Waals surface area contributed by atoms with Gasteiger partial charge in [0.05, 0.1) is 12.9 Å². The molecule has 142 valence electrons. The van der Waals surface area contributed by atoms with E-state index in [1.807, 2.05) is 0 Å². The van der Waals surface area contributed by atoms with Gasteiger partial charge in [-0.1, -0.05) is 0 Å². The Bertz CT molecular complexity index is 878. The molecule has 0 amide bonds. The number of phosphoric acid groups is 1. The molecule has 0 radical (unpaired) electrons. The van der Waals surface area contributed by atoms with Crippen LogP contribution in [0.2, 0.25) is 0 Å². The molecule has 26 heavy (non-hydrogen) atoms. The van der Waals surface area contributed by atoms with E-state index in [2.05, 4.69) is 23.8 Å². The summed E-state index contributed by atoms with van der Waals surface area (Å²) >= 11 is 0. The molecular weight excluding hydrogens is 396 g/mol. The highest BCUT2D eigenvalue weighted by molar-refractivity contribution is 7.55. The number of nitrogens with two attached hydrogens (primary N) is 1. The van der Waals surface area contributed by atoms with E-state index in [0.29, 0.717) is 0 Å². The Hall–Kier alpha value is -1.60. The number of aromatic nitrogens is 4. The molecule has 16 heteroatoms. The van der Waals surface area contributed by atoms with E-state index in [4.69, 9.17) is 15.4 Å². The SMILES string of the molecule is Nc1ncnc2c1ncn2C1OC(COP(=O)(O)O[P+](=O)O)C(O)C1O. The van der Waals surface area contributed by atoms with Crippen molar-refractivity contribution in [1.82, 2.24) is 19.5 Å². The van der Waals surface area contributed by atoms with Crippen molar-refractivity contribution in [3.05, 3.63) is 12.7 Å². The van der Waals surface area contributed by atoms with E-state index in [9.17, 15) is 24.2 Å². The summed E-state index contributed by atoms with van der Waals surface area (Å²) in [6.45, 7) is -0.699. The minimum Gasteiger partial charge on any atom is -0.387 e. The average Bonchev–Trinajstić information content (AvgIpc) is 3.08. The summed E-state index contributed by atoms with van der Waals surface area (Å²) in [5.41, 5.74) is 6.18. The Kier molecular flexibility index (Phi) is 5.30. The molecule has 1 aliphatic rings. The summed E-state index contributed by atoms with van der Waals surface area (Å²) < 4.78 is 37.0. The molecule has 0 saturated carbocycles. The van der Waals surface area contributed by atoms with E-state index < -0.39 is 47.2 Å².